The number of hydrogen-bond donors (Lipinski definition) is 1. The highest BCUT2D eigenvalue weighted by molar-refractivity contribution is 5.48. The quantitative estimate of drug-likeness (QED) is 0.815. The minimum atomic E-state index is 0.132. The van der Waals surface area contributed by atoms with Crippen LogP contribution in [0.25, 0.3) is 0 Å². The number of benzene rings is 1. The summed E-state index contributed by atoms with van der Waals surface area (Å²) in [4.78, 5) is 2.52. The first-order chi connectivity index (χ1) is 8.20. The average molecular weight is 232 g/mol. The fourth-order valence-electron chi connectivity index (χ4n) is 2.20. The first-order valence-electron chi connectivity index (χ1n) is 6.81. The zero-order valence-electron chi connectivity index (χ0n) is 11.0. The van der Waals surface area contributed by atoms with Crippen molar-refractivity contribution < 1.29 is 0 Å². The van der Waals surface area contributed by atoms with Crippen molar-refractivity contribution in [1.82, 2.24) is 0 Å². The van der Waals surface area contributed by atoms with E-state index >= 15 is 0 Å². The van der Waals surface area contributed by atoms with E-state index in [0.717, 1.165) is 12.5 Å². The molecule has 2 N–H and O–H groups in total. The largest absolute Gasteiger partial charge is 0.371 e. The predicted molar refractivity (Wildman–Crippen MR) is 74.3 cm³/mol. The Bertz CT molecular complexity index is 338. The van der Waals surface area contributed by atoms with Crippen LogP contribution in [0.1, 0.15) is 44.7 Å². The summed E-state index contributed by atoms with van der Waals surface area (Å²) in [5.41, 5.74) is 8.44. The van der Waals surface area contributed by atoms with Gasteiger partial charge in [0.15, 0.2) is 0 Å². The molecular weight excluding hydrogens is 208 g/mol. The summed E-state index contributed by atoms with van der Waals surface area (Å²) in [7, 11) is 0. The molecule has 2 nitrogen and oxygen atoms in total. The van der Waals surface area contributed by atoms with Crippen LogP contribution in [0.2, 0.25) is 0 Å². The Morgan fingerprint density at radius 3 is 2.41 bits per heavy atom. The molecule has 1 saturated carbocycles. The summed E-state index contributed by atoms with van der Waals surface area (Å²) < 4.78 is 0. The maximum absolute atomic E-state index is 5.88. The van der Waals surface area contributed by atoms with Crippen molar-refractivity contribution in [2.24, 2.45) is 11.7 Å². The molecule has 17 heavy (non-hydrogen) atoms. The van der Waals surface area contributed by atoms with Gasteiger partial charge < -0.3 is 10.6 Å². The van der Waals surface area contributed by atoms with Gasteiger partial charge in [-0.15, -0.1) is 0 Å². The molecule has 0 aliphatic heterocycles. The average Bonchev–Trinajstić information content (AvgIpc) is 3.13. The minimum absolute atomic E-state index is 0.132. The normalized spacial score (nSPS) is 16.9. The molecule has 1 aliphatic carbocycles. The molecule has 0 unspecified atom stereocenters. The summed E-state index contributed by atoms with van der Waals surface area (Å²) in [6.45, 7) is 6.67. The Kier molecular flexibility index (Phi) is 4.06. The molecule has 2 heteroatoms. The standard InChI is InChI=1S/C15H24N2/c1-3-10-17(11-13-4-5-13)15-8-6-14(7-9-15)12(2)16/h6-9,12-13H,3-5,10-11,16H2,1-2H3/t12-/m0/s1. The van der Waals surface area contributed by atoms with E-state index in [4.69, 9.17) is 5.73 Å². The molecule has 1 atom stereocenters. The zero-order valence-corrected chi connectivity index (χ0v) is 11.0. The van der Waals surface area contributed by atoms with E-state index in [1.165, 1.54) is 37.1 Å². The van der Waals surface area contributed by atoms with Crippen molar-refractivity contribution >= 4 is 5.69 Å². The molecule has 0 heterocycles. The number of nitrogens with two attached hydrogens (primary N) is 1. The third-order valence-corrected chi connectivity index (χ3v) is 3.45. The second-order valence-electron chi connectivity index (χ2n) is 5.27. The van der Waals surface area contributed by atoms with Gasteiger partial charge in [0.2, 0.25) is 0 Å². The molecule has 1 aromatic carbocycles. The topological polar surface area (TPSA) is 29.3 Å². The van der Waals surface area contributed by atoms with Crippen LogP contribution < -0.4 is 10.6 Å². The third-order valence-electron chi connectivity index (χ3n) is 3.45. The second-order valence-corrected chi connectivity index (χ2v) is 5.27. The van der Waals surface area contributed by atoms with Gasteiger partial charge >= 0.3 is 0 Å². The number of rotatable bonds is 6. The number of hydrogen-bond acceptors (Lipinski definition) is 2. The molecule has 0 aromatic heterocycles. The van der Waals surface area contributed by atoms with Crippen LogP contribution in [-0.2, 0) is 0 Å². The fraction of sp³-hybridized carbons (Fsp3) is 0.600. The number of nitrogens with zero attached hydrogens (tertiary/aromatic N) is 1. The molecular formula is C15H24N2. The molecule has 0 radical (unpaired) electrons. The SMILES string of the molecule is CCCN(CC1CC1)c1ccc([C@H](C)N)cc1. The molecule has 94 valence electrons. The Labute approximate surface area is 105 Å². The molecule has 1 aliphatic rings. The summed E-state index contributed by atoms with van der Waals surface area (Å²) in [6, 6.07) is 8.89. The summed E-state index contributed by atoms with van der Waals surface area (Å²) in [5.74, 6) is 0.939. The molecule has 0 spiro atoms. The molecule has 0 saturated heterocycles. The molecule has 1 aromatic rings. The fourth-order valence-corrected chi connectivity index (χ4v) is 2.20. The summed E-state index contributed by atoms with van der Waals surface area (Å²) in [6.07, 6.45) is 4.04. The van der Waals surface area contributed by atoms with Gasteiger partial charge in [-0.2, -0.15) is 0 Å². The van der Waals surface area contributed by atoms with E-state index in [2.05, 4.69) is 36.1 Å². The Hall–Kier alpha value is -1.02. The molecule has 0 bridgehead atoms. The zero-order chi connectivity index (χ0) is 12.3. The van der Waals surface area contributed by atoms with Gasteiger partial charge in [-0.3, -0.25) is 0 Å². The lowest BCUT2D eigenvalue weighted by molar-refractivity contribution is 0.707. The maximum atomic E-state index is 5.88. The lowest BCUT2D eigenvalue weighted by Crippen LogP contribution is -2.26. The minimum Gasteiger partial charge on any atom is -0.371 e. The van der Waals surface area contributed by atoms with Crippen LogP contribution in [0.5, 0.6) is 0 Å². The van der Waals surface area contributed by atoms with Crippen LogP contribution in [-0.4, -0.2) is 13.1 Å². The van der Waals surface area contributed by atoms with E-state index < -0.39 is 0 Å². The van der Waals surface area contributed by atoms with E-state index in [-0.39, 0.29) is 6.04 Å². The highest BCUT2D eigenvalue weighted by Gasteiger charge is 2.24. The maximum Gasteiger partial charge on any atom is 0.0366 e. The van der Waals surface area contributed by atoms with Crippen molar-refractivity contribution in [1.29, 1.82) is 0 Å². The Balaban J connectivity index is 2.05. The van der Waals surface area contributed by atoms with Gasteiger partial charge in [0.25, 0.3) is 0 Å². The lowest BCUT2D eigenvalue weighted by atomic mass is 10.1. The smallest absolute Gasteiger partial charge is 0.0366 e. The van der Waals surface area contributed by atoms with Gasteiger partial charge in [-0.1, -0.05) is 19.1 Å². The highest BCUT2D eigenvalue weighted by Crippen LogP contribution is 2.31. The number of anilines is 1. The monoisotopic (exact) mass is 232 g/mol. The highest BCUT2D eigenvalue weighted by atomic mass is 15.1. The first-order valence-corrected chi connectivity index (χ1v) is 6.81. The van der Waals surface area contributed by atoms with E-state index in [1.54, 1.807) is 0 Å². The van der Waals surface area contributed by atoms with Crippen molar-refractivity contribution in [2.45, 2.75) is 39.2 Å². The van der Waals surface area contributed by atoms with Crippen molar-refractivity contribution in [3.8, 4) is 0 Å². The van der Waals surface area contributed by atoms with Crippen LogP contribution in [0, 0.1) is 5.92 Å². The van der Waals surface area contributed by atoms with Gasteiger partial charge in [-0.05, 0) is 49.8 Å². The summed E-state index contributed by atoms with van der Waals surface area (Å²) >= 11 is 0. The molecule has 2 rings (SSSR count). The third kappa shape index (κ3) is 3.47. The first kappa shape index (κ1) is 12.4. The van der Waals surface area contributed by atoms with Crippen LogP contribution >= 0.6 is 0 Å². The van der Waals surface area contributed by atoms with E-state index in [0.29, 0.717) is 0 Å². The van der Waals surface area contributed by atoms with E-state index in [1.807, 2.05) is 6.92 Å². The van der Waals surface area contributed by atoms with Crippen LogP contribution in [0.15, 0.2) is 24.3 Å². The van der Waals surface area contributed by atoms with Crippen molar-refractivity contribution in [3.05, 3.63) is 29.8 Å². The van der Waals surface area contributed by atoms with Gasteiger partial charge in [0.05, 0.1) is 0 Å². The summed E-state index contributed by atoms with van der Waals surface area (Å²) in [5, 5.41) is 0. The van der Waals surface area contributed by atoms with Crippen molar-refractivity contribution in [3.63, 3.8) is 0 Å². The van der Waals surface area contributed by atoms with Gasteiger partial charge in [0.1, 0.15) is 0 Å². The van der Waals surface area contributed by atoms with Gasteiger partial charge in [-0.25, -0.2) is 0 Å². The Morgan fingerprint density at radius 2 is 1.94 bits per heavy atom. The van der Waals surface area contributed by atoms with E-state index in [9.17, 15) is 0 Å². The van der Waals surface area contributed by atoms with Gasteiger partial charge in [0, 0.05) is 24.8 Å². The predicted octanol–water partition coefficient (Wildman–Crippen LogP) is 3.33. The Morgan fingerprint density at radius 1 is 1.29 bits per heavy atom. The lowest BCUT2D eigenvalue weighted by Gasteiger charge is -2.24. The van der Waals surface area contributed by atoms with Crippen LogP contribution in [0.3, 0.4) is 0 Å². The molecule has 0 amide bonds. The van der Waals surface area contributed by atoms with Crippen LogP contribution in [0.4, 0.5) is 5.69 Å². The molecule has 1 fully saturated rings. The van der Waals surface area contributed by atoms with Crippen molar-refractivity contribution in [2.75, 3.05) is 18.0 Å². The second kappa shape index (κ2) is 5.54.